The second-order valence-electron chi connectivity index (χ2n) is 5.29. The summed E-state index contributed by atoms with van der Waals surface area (Å²) in [7, 11) is 0. The van der Waals surface area contributed by atoms with Gasteiger partial charge in [-0.15, -0.1) is 0 Å². The van der Waals surface area contributed by atoms with Crippen LogP contribution < -0.4 is 10.4 Å². The second kappa shape index (κ2) is 4.74. The van der Waals surface area contributed by atoms with E-state index in [0.717, 1.165) is 0 Å². The summed E-state index contributed by atoms with van der Waals surface area (Å²) in [5.41, 5.74) is 0.0707. The van der Waals surface area contributed by atoms with E-state index in [2.05, 4.69) is 5.32 Å². The summed E-state index contributed by atoms with van der Waals surface area (Å²) in [6.45, 7) is 0. The van der Waals surface area contributed by atoms with Crippen LogP contribution >= 0.6 is 0 Å². The maximum Gasteiger partial charge on any atom is 0.228 e. The molecule has 1 amide bonds. The van der Waals surface area contributed by atoms with Crippen LogP contribution in [-0.4, -0.2) is 11.9 Å². The molecule has 0 heterocycles. The first-order valence-electron chi connectivity index (χ1n) is 6.52. The lowest BCUT2D eigenvalue weighted by Crippen LogP contribution is -2.42. The maximum atomic E-state index is 13.5. The number of anilines is 1. The zero-order valence-corrected chi connectivity index (χ0v) is 10.6. The number of halogens is 1. The van der Waals surface area contributed by atoms with E-state index in [9.17, 15) is 19.1 Å². The first kappa shape index (κ1) is 12.8. The van der Waals surface area contributed by atoms with Crippen LogP contribution in [0.25, 0.3) is 0 Å². The van der Waals surface area contributed by atoms with Gasteiger partial charge in [-0.25, -0.2) is 4.39 Å². The third-order valence-corrected chi connectivity index (χ3v) is 4.17. The molecule has 0 aromatic heterocycles. The minimum absolute atomic E-state index is 0.0707. The topological polar surface area (TPSA) is 69.2 Å². The van der Waals surface area contributed by atoms with Gasteiger partial charge in [0.25, 0.3) is 0 Å². The molecule has 0 saturated heterocycles. The van der Waals surface area contributed by atoms with Gasteiger partial charge in [0.1, 0.15) is 5.82 Å². The van der Waals surface area contributed by atoms with Crippen molar-refractivity contribution in [3.63, 3.8) is 0 Å². The molecule has 5 heteroatoms. The largest absolute Gasteiger partial charge is 0.550 e. The number of aliphatic carboxylic acids is 1. The Labute approximate surface area is 115 Å². The highest BCUT2D eigenvalue weighted by Crippen LogP contribution is 2.48. The Hall–Kier alpha value is -2.17. The fourth-order valence-electron chi connectivity index (χ4n) is 3.28. The molecule has 1 N–H and O–H groups in total. The van der Waals surface area contributed by atoms with Crippen LogP contribution in [0.15, 0.2) is 36.4 Å². The van der Waals surface area contributed by atoms with Crippen molar-refractivity contribution in [1.82, 2.24) is 0 Å². The number of benzene rings is 1. The van der Waals surface area contributed by atoms with Gasteiger partial charge in [-0.2, -0.15) is 0 Å². The fourth-order valence-corrected chi connectivity index (χ4v) is 3.28. The monoisotopic (exact) mass is 274 g/mol. The van der Waals surface area contributed by atoms with Crippen molar-refractivity contribution >= 4 is 17.6 Å². The zero-order chi connectivity index (χ0) is 14.3. The molecule has 2 aliphatic carbocycles. The predicted molar refractivity (Wildman–Crippen MR) is 67.8 cm³/mol. The third-order valence-electron chi connectivity index (χ3n) is 4.17. The van der Waals surface area contributed by atoms with Crippen LogP contribution in [0.2, 0.25) is 0 Å². The van der Waals surface area contributed by atoms with Crippen molar-refractivity contribution < 1.29 is 19.1 Å². The molecule has 0 aliphatic heterocycles. The van der Waals surface area contributed by atoms with Gasteiger partial charge >= 0.3 is 0 Å². The Morgan fingerprint density at radius 1 is 1.15 bits per heavy atom. The van der Waals surface area contributed by atoms with Crippen LogP contribution in [0.4, 0.5) is 10.1 Å². The Balaban J connectivity index is 1.82. The van der Waals surface area contributed by atoms with E-state index in [-0.39, 0.29) is 17.5 Å². The van der Waals surface area contributed by atoms with Crippen molar-refractivity contribution in [3.05, 3.63) is 42.2 Å². The van der Waals surface area contributed by atoms with Crippen molar-refractivity contribution in [2.45, 2.75) is 6.42 Å². The Kier molecular flexibility index (Phi) is 3.04. The summed E-state index contributed by atoms with van der Waals surface area (Å²) in [6, 6.07) is 5.82. The number of carbonyl (C=O) groups is 2. The number of hydrogen-bond donors (Lipinski definition) is 1. The maximum absolute atomic E-state index is 13.5. The molecule has 0 unspecified atom stereocenters. The van der Waals surface area contributed by atoms with E-state index in [1.807, 2.05) is 12.2 Å². The summed E-state index contributed by atoms with van der Waals surface area (Å²) < 4.78 is 13.5. The standard InChI is InChI=1S/C15H14FNO3/c16-10-3-1-2-4-11(10)17-14(18)12-8-5-6-9(7-8)13(12)15(19)20/h1-6,8-9,12-13H,7H2,(H,17,18)(H,19,20)/p-1/t8-,9+,12-,13-/m1/s1. The number of allylic oxidation sites excluding steroid dienone is 2. The first-order valence-corrected chi connectivity index (χ1v) is 6.52. The van der Waals surface area contributed by atoms with E-state index in [1.54, 1.807) is 6.07 Å². The Morgan fingerprint density at radius 2 is 1.80 bits per heavy atom. The average Bonchev–Trinajstić information content (AvgIpc) is 3.01. The molecule has 1 fully saturated rings. The number of rotatable bonds is 3. The summed E-state index contributed by atoms with van der Waals surface area (Å²) in [4.78, 5) is 23.5. The molecule has 3 rings (SSSR count). The molecule has 4 nitrogen and oxygen atoms in total. The van der Waals surface area contributed by atoms with Crippen LogP contribution in [0.3, 0.4) is 0 Å². The molecule has 20 heavy (non-hydrogen) atoms. The number of fused-ring (bicyclic) bond motifs is 2. The number of para-hydroxylation sites is 1. The van der Waals surface area contributed by atoms with Crippen LogP contribution in [-0.2, 0) is 9.59 Å². The smallest absolute Gasteiger partial charge is 0.228 e. The summed E-state index contributed by atoms with van der Waals surface area (Å²) in [5.74, 6) is -3.97. The van der Waals surface area contributed by atoms with Gasteiger partial charge in [-0.3, -0.25) is 4.79 Å². The van der Waals surface area contributed by atoms with Gasteiger partial charge in [-0.1, -0.05) is 24.3 Å². The third kappa shape index (κ3) is 1.99. The summed E-state index contributed by atoms with van der Waals surface area (Å²) >= 11 is 0. The van der Waals surface area contributed by atoms with Crippen molar-refractivity contribution in [1.29, 1.82) is 0 Å². The second-order valence-corrected chi connectivity index (χ2v) is 5.29. The number of carboxylic acid groups (broad SMARTS) is 1. The Bertz CT molecular complexity index is 599. The van der Waals surface area contributed by atoms with Crippen LogP contribution in [0.5, 0.6) is 0 Å². The molecule has 1 aromatic rings. The molecule has 0 spiro atoms. The number of hydrogen-bond acceptors (Lipinski definition) is 3. The van der Waals surface area contributed by atoms with Gasteiger partial charge in [0.05, 0.1) is 11.6 Å². The van der Waals surface area contributed by atoms with E-state index < -0.39 is 29.5 Å². The highest BCUT2D eigenvalue weighted by atomic mass is 19.1. The number of nitrogens with one attached hydrogen (secondary N) is 1. The molecule has 2 aliphatic rings. The molecule has 0 radical (unpaired) electrons. The number of carboxylic acids is 1. The number of amides is 1. The first-order chi connectivity index (χ1) is 9.58. The van der Waals surface area contributed by atoms with Gasteiger partial charge in [0.2, 0.25) is 5.91 Å². The SMILES string of the molecule is O=C(Nc1ccccc1F)[C@H]1[C@H](C(=O)[O-])[C@H]2C=C[C@@H]1C2. The van der Waals surface area contributed by atoms with Gasteiger partial charge < -0.3 is 15.2 Å². The summed E-state index contributed by atoms with van der Waals surface area (Å²) in [5, 5.41) is 13.7. The lowest BCUT2D eigenvalue weighted by Gasteiger charge is -2.27. The minimum Gasteiger partial charge on any atom is -0.550 e. The molecular formula is C15H13FNO3-. The normalized spacial score (nSPS) is 30.4. The van der Waals surface area contributed by atoms with Crippen molar-refractivity contribution in [3.8, 4) is 0 Å². The average molecular weight is 274 g/mol. The van der Waals surface area contributed by atoms with E-state index in [4.69, 9.17) is 0 Å². The lowest BCUT2D eigenvalue weighted by molar-refractivity contribution is -0.313. The fraction of sp³-hybridized carbons (Fsp3) is 0.333. The van der Waals surface area contributed by atoms with Crippen molar-refractivity contribution in [2.24, 2.45) is 23.7 Å². The van der Waals surface area contributed by atoms with Gasteiger partial charge in [0, 0.05) is 11.9 Å². The predicted octanol–water partition coefficient (Wildman–Crippen LogP) is 0.952. The highest BCUT2D eigenvalue weighted by Gasteiger charge is 2.48. The van der Waals surface area contributed by atoms with Gasteiger partial charge in [-0.05, 0) is 30.4 Å². The molecule has 4 atom stereocenters. The molecular weight excluding hydrogens is 261 g/mol. The van der Waals surface area contributed by atoms with E-state index in [0.29, 0.717) is 6.42 Å². The van der Waals surface area contributed by atoms with Crippen LogP contribution in [0.1, 0.15) is 6.42 Å². The quantitative estimate of drug-likeness (QED) is 0.834. The zero-order valence-electron chi connectivity index (χ0n) is 10.6. The van der Waals surface area contributed by atoms with E-state index in [1.165, 1.54) is 18.2 Å². The molecule has 2 bridgehead atoms. The highest BCUT2D eigenvalue weighted by molar-refractivity contribution is 5.96. The molecule has 1 aromatic carbocycles. The minimum atomic E-state index is -1.21. The van der Waals surface area contributed by atoms with E-state index >= 15 is 0 Å². The van der Waals surface area contributed by atoms with Crippen molar-refractivity contribution in [2.75, 3.05) is 5.32 Å². The van der Waals surface area contributed by atoms with Gasteiger partial charge in [0.15, 0.2) is 0 Å². The molecule has 104 valence electrons. The molecule has 1 saturated carbocycles. The lowest BCUT2D eigenvalue weighted by atomic mass is 9.82. The number of carbonyl (C=O) groups excluding carboxylic acids is 2. The van der Waals surface area contributed by atoms with Crippen LogP contribution in [0, 0.1) is 29.5 Å². The summed E-state index contributed by atoms with van der Waals surface area (Å²) in [6.07, 6.45) is 4.35. The Morgan fingerprint density at radius 3 is 2.45 bits per heavy atom.